The molecule has 0 unspecified atom stereocenters. The van der Waals surface area contributed by atoms with Crippen LogP contribution in [0.4, 0.5) is 0 Å². The number of halogens is 1. The summed E-state index contributed by atoms with van der Waals surface area (Å²) in [6.45, 7) is 2.84. The Morgan fingerprint density at radius 1 is 1.35 bits per heavy atom. The molecule has 1 saturated carbocycles. The number of hydrogen-bond donors (Lipinski definition) is 1. The Kier molecular flexibility index (Phi) is 3.81. The molecule has 0 aliphatic heterocycles. The second-order valence-corrected chi connectivity index (χ2v) is 6.12. The van der Waals surface area contributed by atoms with Crippen molar-refractivity contribution >= 4 is 15.9 Å². The van der Waals surface area contributed by atoms with Gasteiger partial charge in [-0.05, 0) is 44.0 Å². The molecule has 4 nitrogen and oxygen atoms in total. The van der Waals surface area contributed by atoms with Crippen LogP contribution in [-0.4, -0.2) is 15.8 Å². The fourth-order valence-corrected chi connectivity index (χ4v) is 2.42. The zero-order valence-corrected chi connectivity index (χ0v) is 13.3. The average molecular weight is 336 g/mol. The predicted octanol–water partition coefficient (Wildman–Crippen LogP) is 3.54. The molecule has 0 radical (unpaired) electrons. The van der Waals surface area contributed by atoms with Crippen LogP contribution in [0.1, 0.15) is 24.1 Å². The lowest BCUT2D eigenvalue weighted by molar-refractivity contribution is 0.423. The van der Waals surface area contributed by atoms with E-state index >= 15 is 0 Å². The largest absolute Gasteiger partial charge is 0.439 e. The molecule has 106 valence electrons. The minimum atomic E-state index is 0.676. The van der Waals surface area contributed by atoms with Crippen molar-refractivity contribution in [2.45, 2.75) is 32.4 Å². The predicted molar refractivity (Wildman–Crippen MR) is 82.0 cm³/mol. The molecule has 1 aromatic carbocycles. The molecular weight excluding hydrogens is 318 g/mol. The van der Waals surface area contributed by atoms with Crippen molar-refractivity contribution in [3.05, 3.63) is 40.0 Å². The van der Waals surface area contributed by atoms with Crippen LogP contribution in [-0.2, 0) is 13.6 Å². The van der Waals surface area contributed by atoms with Crippen LogP contribution < -0.4 is 10.1 Å². The first-order valence-electron chi connectivity index (χ1n) is 6.83. The minimum Gasteiger partial charge on any atom is -0.439 e. The van der Waals surface area contributed by atoms with Gasteiger partial charge in [0.15, 0.2) is 0 Å². The highest BCUT2D eigenvalue weighted by molar-refractivity contribution is 9.10. The fourth-order valence-electron chi connectivity index (χ4n) is 2.16. The molecule has 1 aromatic heterocycles. The number of ether oxygens (including phenoxy) is 1. The number of nitrogens with zero attached hydrogens (tertiary/aromatic N) is 2. The summed E-state index contributed by atoms with van der Waals surface area (Å²) in [5.41, 5.74) is 2.16. The van der Waals surface area contributed by atoms with E-state index in [-0.39, 0.29) is 0 Å². The van der Waals surface area contributed by atoms with E-state index in [2.05, 4.69) is 26.3 Å². The summed E-state index contributed by atoms with van der Waals surface area (Å²) in [7, 11) is 1.92. The van der Waals surface area contributed by atoms with Crippen LogP contribution in [0.5, 0.6) is 11.6 Å². The van der Waals surface area contributed by atoms with Crippen LogP contribution in [0.25, 0.3) is 0 Å². The van der Waals surface area contributed by atoms with Crippen LogP contribution in [0, 0.1) is 6.92 Å². The third kappa shape index (κ3) is 3.04. The molecule has 0 saturated heterocycles. The van der Waals surface area contributed by atoms with Gasteiger partial charge in [0.05, 0.1) is 11.3 Å². The Morgan fingerprint density at radius 2 is 2.05 bits per heavy atom. The van der Waals surface area contributed by atoms with E-state index in [4.69, 9.17) is 4.74 Å². The minimum absolute atomic E-state index is 0.676. The number of hydrogen-bond acceptors (Lipinski definition) is 3. The third-order valence-electron chi connectivity index (χ3n) is 3.46. The maximum atomic E-state index is 6.01. The van der Waals surface area contributed by atoms with Crippen molar-refractivity contribution in [3.8, 4) is 11.6 Å². The summed E-state index contributed by atoms with van der Waals surface area (Å²) in [5.74, 6) is 1.64. The molecule has 3 rings (SSSR count). The first-order valence-corrected chi connectivity index (χ1v) is 7.62. The van der Waals surface area contributed by atoms with Crippen molar-refractivity contribution in [3.63, 3.8) is 0 Å². The van der Waals surface area contributed by atoms with Crippen LogP contribution in [0.15, 0.2) is 28.7 Å². The summed E-state index contributed by atoms with van der Waals surface area (Å²) in [4.78, 5) is 0. The average Bonchev–Trinajstić information content (AvgIpc) is 3.19. The Hall–Kier alpha value is -1.33. The van der Waals surface area contributed by atoms with Gasteiger partial charge in [-0.1, -0.05) is 15.9 Å². The van der Waals surface area contributed by atoms with Gasteiger partial charge in [-0.15, -0.1) is 0 Å². The molecule has 20 heavy (non-hydrogen) atoms. The van der Waals surface area contributed by atoms with Gasteiger partial charge in [0.1, 0.15) is 5.75 Å². The van der Waals surface area contributed by atoms with Gasteiger partial charge in [-0.2, -0.15) is 5.10 Å². The Bertz CT molecular complexity index is 602. The maximum absolute atomic E-state index is 6.01. The van der Waals surface area contributed by atoms with E-state index in [0.29, 0.717) is 6.04 Å². The summed E-state index contributed by atoms with van der Waals surface area (Å²) >= 11 is 3.43. The third-order valence-corrected chi connectivity index (χ3v) is 3.99. The van der Waals surface area contributed by atoms with Gasteiger partial charge in [0.25, 0.3) is 0 Å². The van der Waals surface area contributed by atoms with E-state index in [1.165, 1.54) is 12.8 Å². The monoisotopic (exact) mass is 335 g/mol. The molecule has 5 heteroatoms. The van der Waals surface area contributed by atoms with E-state index in [9.17, 15) is 0 Å². The molecular formula is C15H18BrN3O. The van der Waals surface area contributed by atoms with Gasteiger partial charge in [0, 0.05) is 24.1 Å². The van der Waals surface area contributed by atoms with Crippen LogP contribution in [0.2, 0.25) is 0 Å². The van der Waals surface area contributed by atoms with Crippen molar-refractivity contribution in [2.75, 3.05) is 0 Å². The molecule has 1 fully saturated rings. The summed E-state index contributed by atoms with van der Waals surface area (Å²) < 4.78 is 8.86. The second-order valence-electron chi connectivity index (χ2n) is 5.20. The normalized spacial score (nSPS) is 14.6. The van der Waals surface area contributed by atoms with Crippen LogP contribution >= 0.6 is 15.9 Å². The summed E-state index contributed by atoms with van der Waals surface area (Å²) in [6, 6.07) is 8.52. The lowest BCUT2D eigenvalue weighted by Gasteiger charge is -2.09. The molecule has 1 N–H and O–H groups in total. The zero-order valence-electron chi connectivity index (χ0n) is 11.7. The van der Waals surface area contributed by atoms with Gasteiger partial charge in [0.2, 0.25) is 5.88 Å². The van der Waals surface area contributed by atoms with Crippen molar-refractivity contribution < 1.29 is 4.74 Å². The molecule has 0 bridgehead atoms. The summed E-state index contributed by atoms with van der Waals surface area (Å²) in [6.07, 6.45) is 2.56. The van der Waals surface area contributed by atoms with Crippen molar-refractivity contribution in [2.24, 2.45) is 7.05 Å². The molecule has 1 aliphatic carbocycles. The number of nitrogens with one attached hydrogen (secondary N) is 1. The van der Waals surface area contributed by atoms with E-state index in [0.717, 1.165) is 33.9 Å². The molecule has 1 heterocycles. The standard InChI is InChI=1S/C15H18BrN3O/c1-10-14(9-17-12-5-6-12)15(19(2)18-10)20-13-7-3-11(16)4-8-13/h3-4,7-8,12,17H,5-6,9H2,1-2H3. The molecule has 0 amide bonds. The SMILES string of the molecule is Cc1nn(C)c(Oc2ccc(Br)cc2)c1CNC1CC1. The second kappa shape index (κ2) is 5.58. The molecule has 0 atom stereocenters. The topological polar surface area (TPSA) is 39.1 Å². The summed E-state index contributed by atoms with van der Waals surface area (Å²) in [5, 5.41) is 7.99. The zero-order chi connectivity index (χ0) is 14.1. The Labute approximate surface area is 127 Å². The highest BCUT2D eigenvalue weighted by atomic mass is 79.9. The van der Waals surface area contributed by atoms with Gasteiger partial charge in [-0.25, -0.2) is 4.68 Å². The highest BCUT2D eigenvalue weighted by Crippen LogP contribution is 2.29. The van der Waals surface area contributed by atoms with Crippen LogP contribution in [0.3, 0.4) is 0 Å². The van der Waals surface area contributed by atoms with Gasteiger partial charge in [-0.3, -0.25) is 0 Å². The highest BCUT2D eigenvalue weighted by Gasteiger charge is 2.23. The fraction of sp³-hybridized carbons (Fsp3) is 0.400. The molecule has 1 aliphatic rings. The van der Waals surface area contributed by atoms with Crippen molar-refractivity contribution in [1.82, 2.24) is 15.1 Å². The lowest BCUT2D eigenvalue weighted by Crippen LogP contribution is -2.16. The lowest BCUT2D eigenvalue weighted by atomic mass is 10.2. The smallest absolute Gasteiger partial charge is 0.222 e. The number of rotatable bonds is 5. The molecule has 0 spiro atoms. The maximum Gasteiger partial charge on any atom is 0.222 e. The van der Waals surface area contributed by atoms with Gasteiger partial charge >= 0.3 is 0 Å². The first kappa shape index (κ1) is 13.6. The van der Waals surface area contributed by atoms with Crippen molar-refractivity contribution in [1.29, 1.82) is 0 Å². The van der Waals surface area contributed by atoms with E-state index in [1.54, 1.807) is 4.68 Å². The first-order chi connectivity index (χ1) is 9.63. The van der Waals surface area contributed by atoms with E-state index < -0.39 is 0 Å². The number of aromatic nitrogens is 2. The number of aryl methyl sites for hydroxylation is 2. The van der Waals surface area contributed by atoms with E-state index in [1.807, 2.05) is 38.2 Å². The Balaban J connectivity index is 1.81. The van der Waals surface area contributed by atoms with Gasteiger partial charge < -0.3 is 10.1 Å². The Morgan fingerprint density at radius 3 is 2.70 bits per heavy atom. The number of benzene rings is 1. The molecule has 2 aromatic rings. The quantitative estimate of drug-likeness (QED) is 0.908.